The van der Waals surface area contributed by atoms with Gasteiger partial charge in [0.1, 0.15) is 5.82 Å². The zero-order valence-corrected chi connectivity index (χ0v) is 18.6. The van der Waals surface area contributed by atoms with Gasteiger partial charge in [0.2, 0.25) is 0 Å². The van der Waals surface area contributed by atoms with Crippen LogP contribution in [-0.2, 0) is 14.8 Å². The SMILES string of the molecule is CC(C)c1cc(F)cc(C(C)C)c1NC(=O)N=[S-](=O)C1C=CC=C(C(C)(C)O)C1. The molecule has 5 nitrogen and oxygen atoms in total. The van der Waals surface area contributed by atoms with Gasteiger partial charge in [-0.3, -0.25) is 0 Å². The Bertz CT molecular complexity index is 891. The summed E-state index contributed by atoms with van der Waals surface area (Å²) in [5.41, 5.74) is 1.58. The second kappa shape index (κ2) is 9.22. The molecule has 0 aromatic heterocycles. The highest BCUT2D eigenvalue weighted by molar-refractivity contribution is 7.76. The van der Waals surface area contributed by atoms with Gasteiger partial charge in [-0.2, -0.15) is 10.6 Å². The standard InChI is InChI=1S/C22H30FN2O3S/c1-13(2)18-11-16(23)12-19(14(3)4)20(18)24-21(26)25-29(28)17-9-7-8-15(10-17)22(5,6)27/h7-9,11-14,17,27H,10H2,1-6H3,(H,24,26)/q-1. The molecule has 1 aromatic carbocycles. The molecule has 0 saturated carbocycles. The maximum atomic E-state index is 14.0. The molecule has 1 unspecified atom stereocenters. The average Bonchev–Trinajstić information content (AvgIpc) is 2.61. The van der Waals surface area contributed by atoms with Crippen LogP contribution >= 0.6 is 0 Å². The summed E-state index contributed by atoms with van der Waals surface area (Å²) in [4.78, 5) is 12.5. The second-order valence-corrected chi connectivity index (χ2v) is 9.79. The molecule has 7 heteroatoms. The first kappa shape index (κ1) is 23.3. The van der Waals surface area contributed by atoms with Gasteiger partial charge >= 0.3 is 6.03 Å². The highest BCUT2D eigenvalue weighted by Gasteiger charge is 2.22. The molecule has 2 rings (SSSR count). The molecule has 0 radical (unpaired) electrons. The van der Waals surface area contributed by atoms with Crippen molar-refractivity contribution >= 4 is 22.3 Å². The predicted octanol–water partition coefficient (Wildman–Crippen LogP) is 5.78. The predicted molar refractivity (Wildman–Crippen MR) is 116 cm³/mol. The summed E-state index contributed by atoms with van der Waals surface area (Å²) in [6.45, 7) is 11.0. The molecule has 0 saturated heterocycles. The minimum absolute atomic E-state index is 0.00948. The number of hydrogen-bond acceptors (Lipinski definition) is 4. The Kier molecular flexibility index (Phi) is 7.40. The molecule has 2 N–H and O–H groups in total. The van der Waals surface area contributed by atoms with Gasteiger partial charge in [0.15, 0.2) is 0 Å². The van der Waals surface area contributed by atoms with Crippen LogP contribution in [0.25, 0.3) is 0 Å². The van der Waals surface area contributed by atoms with E-state index >= 15 is 0 Å². The topological polar surface area (TPSA) is 78.8 Å². The maximum absolute atomic E-state index is 14.0. The van der Waals surface area contributed by atoms with Crippen LogP contribution < -0.4 is 5.32 Å². The Morgan fingerprint density at radius 2 is 1.79 bits per heavy atom. The molecule has 1 aliphatic carbocycles. The number of halogens is 1. The van der Waals surface area contributed by atoms with Gasteiger partial charge in [0, 0.05) is 5.69 Å². The Labute approximate surface area is 174 Å². The van der Waals surface area contributed by atoms with Crippen LogP contribution in [0.4, 0.5) is 14.9 Å². The van der Waals surface area contributed by atoms with Crippen molar-refractivity contribution in [3.05, 3.63) is 52.9 Å². The number of benzene rings is 1. The first-order valence-electron chi connectivity index (χ1n) is 9.77. The Morgan fingerprint density at radius 3 is 2.28 bits per heavy atom. The van der Waals surface area contributed by atoms with E-state index in [1.54, 1.807) is 32.1 Å². The number of rotatable bonds is 5. The van der Waals surface area contributed by atoms with Gasteiger partial charge in [-0.15, -0.1) is 0 Å². The lowest BCUT2D eigenvalue weighted by Gasteiger charge is -2.28. The minimum atomic E-state index is -1.80. The highest BCUT2D eigenvalue weighted by Crippen LogP contribution is 2.34. The zero-order valence-electron chi connectivity index (χ0n) is 17.8. The largest absolute Gasteiger partial charge is 0.443 e. The number of nitrogens with one attached hydrogen (secondary N) is 1. The van der Waals surface area contributed by atoms with Gasteiger partial charge in [-0.25, -0.2) is 9.18 Å². The number of aliphatic hydroxyl groups is 1. The van der Waals surface area contributed by atoms with E-state index < -0.39 is 27.5 Å². The summed E-state index contributed by atoms with van der Waals surface area (Å²) in [6, 6.07) is 2.09. The van der Waals surface area contributed by atoms with Crippen molar-refractivity contribution in [2.45, 2.75) is 70.7 Å². The van der Waals surface area contributed by atoms with E-state index in [2.05, 4.69) is 9.68 Å². The number of urea groups is 1. The van der Waals surface area contributed by atoms with Crippen molar-refractivity contribution in [3.63, 3.8) is 0 Å². The molecule has 1 atom stereocenters. The van der Waals surface area contributed by atoms with Crippen molar-refractivity contribution in [2.24, 2.45) is 4.36 Å². The van der Waals surface area contributed by atoms with Gasteiger partial charge in [0.05, 0.1) is 5.60 Å². The minimum Gasteiger partial charge on any atom is -0.443 e. The van der Waals surface area contributed by atoms with Gasteiger partial charge in [0.25, 0.3) is 0 Å². The van der Waals surface area contributed by atoms with Crippen molar-refractivity contribution in [1.29, 1.82) is 0 Å². The third-order valence-corrected chi connectivity index (χ3v) is 6.09. The monoisotopic (exact) mass is 421 g/mol. The van der Waals surface area contributed by atoms with Crippen LogP contribution in [0.1, 0.15) is 70.9 Å². The Morgan fingerprint density at radius 1 is 1.24 bits per heavy atom. The average molecular weight is 422 g/mol. The number of amides is 2. The molecule has 0 fully saturated rings. The quantitative estimate of drug-likeness (QED) is 0.592. The van der Waals surface area contributed by atoms with E-state index in [0.717, 1.165) is 5.57 Å². The van der Waals surface area contributed by atoms with E-state index in [4.69, 9.17) is 0 Å². The molecule has 0 heterocycles. The Hall–Kier alpha value is -1.99. The highest BCUT2D eigenvalue weighted by atomic mass is 32.2. The second-order valence-electron chi connectivity index (χ2n) is 8.44. The van der Waals surface area contributed by atoms with Crippen LogP contribution in [0.15, 0.2) is 40.3 Å². The lowest BCUT2D eigenvalue weighted by molar-refractivity contribution is 0.116. The molecule has 160 valence electrons. The van der Waals surface area contributed by atoms with E-state index in [1.165, 1.54) is 12.1 Å². The van der Waals surface area contributed by atoms with Gasteiger partial charge in [-0.05, 0) is 60.9 Å². The fraction of sp³-hybridized carbons (Fsp3) is 0.500. The van der Waals surface area contributed by atoms with Crippen LogP contribution in [0.3, 0.4) is 0 Å². The van der Waals surface area contributed by atoms with Crippen molar-refractivity contribution in [2.75, 3.05) is 5.32 Å². The summed E-state index contributed by atoms with van der Waals surface area (Å²) in [7, 11) is -1.80. The number of allylic oxidation sites excluding steroid dienone is 2. The van der Waals surface area contributed by atoms with Gasteiger partial charge in [-0.1, -0.05) is 51.2 Å². The molecular formula is C22H30FN2O3S-. The zero-order chi connectivity index (χ0) is 21.9. The summed E-state index contributed by atoms with van der Waals surface area (Å²) in [6.07, 6.45) is 5.59. The lowest BCUT2D eigenvalue weighted by Crippen LogP contribution is -2.26. The molecule has 1 aromatic rings. The molecule has 29 heavy (non-hydrogen) atoms. The molecular weight excluding hydrogens is 391 g/mol. The fourth-order valence-electron chi connectivity index (χ4n) is 3.22. The number of nitrogens with zero attached hydrogens (tertiary/aromatic N) is 1. The van der Waals surface area contributed by atoms with Crippen molar-refractivity contribution in [3.8, 4) is 0 Å². The summed E-state index contributed by atoms with van der Waals surface area (Å²) in [5.74, 6) is -0.372. The van der Waals surface area contributed by atoms with Crippen LogP contribution in [0, 0.1) is 5.82 Å². The summed E-state index contributed by atoms with van der Waals surface area (Å²) in [5, 5.41) is 12.4. The van der Waals surface area contributed by atoms with Crippen LogP contribution in [0.5, 0.6) is 0 Å². The fourth-order valence-corrected chi connectivity index (χ4v) is 4.12. The smallest absolute Gasteiger partial charge is 0.322 e. The van der Waals surface area contributed by atoms with E-state index in [9.17, 15) is 18.5 Å². The number of hydrogen-bond donors (Lipinski definition) is 2. The first-order valence-corrected chi connectivity index (χ1v) is 10.9. The molecule has 0 bridgehead atoms. The summed E-state index contributed by atoms with van der Waals surface area (Å²) >= 11 is 0. The third kappa shape index (κ3) is 6.00. The van der Waals surface area contributed by atoms with Crippen LogP contribution in [-0.4, -0.2) is 22.0 Å². The molecule has 1 aliphatic rings. The molecule has 2 amide bonds. The lowest BCUT2D eigenvalue weighted by atomic mass is 9.91. The Balaban J connectivity index is 2.28. The van der Waals surface area contributed by atoms with Crippen LogP contribution in [0.2, 0.25) is 0 Å². The normalized spacial score (nSPS) is 18.3. The first-order chi connectivity index (χ1) is 13.4. The van der Waals surface area contributed by atoms with Gasteiger partial charge < -0.3 is 19.0 Å². The number of carbonyl (C=O) groups excluding carboxylic acids is 1. The third-order valence-electron chi connectivity index (χ3n) is 4.90. The molecule has 0 aliphatic heterocycles. The summed E-state index contributed by atoms with van der Waals surface area (Å²) < 4.78 is 30.5. The maximum Gasteiger partial charge on any atom is 0.322 e. The van der Waals surface area contributed by atoms with E-state index in [0.29, 0.717) is 23.2 Å². The van der Waals surface area contributed by atoms with E-state index in [-0.39, 0.29) is 17.7 Å². The molecule has 0 spiro atoms. The van der Waals surface area contributed by atoms with E-state index in [1.807, 2.05) is 27.7 Å². The number of carbonyl (C=O) groups is 1. The van der Waals surface area contributed by atoms with Crippen molar-refractivity contribution in [1.82, 2.24) is 0 Å². The number of anilines is 1. The van der Waals surface area contributed by atoms with Crippen molar-refractivity contribution < 1.29 is 18.5 Å².